The maximum atomic E-state index is 14.0. The Bertz CT molecular complexity index is 1100. The smallest absolute Gasteiger partial charge is 0.233 e. The van der Waals surface area contributed by atoms with Crippen LogP contribution < -0.4 is 0 Å². The van der Waals surface area contributed by atoms with E-state index in [4.69, 9.17) is 4.74 Å². The van der Waals surface area contributed by atoms with Gasteiger partial charge < -0.3 is 9.64 Å². The van der Waals surface area contributed by atoms with E-state index in [2.05, 4.69) is 29.2 Å². The van der Waals surface area contributed by atoms with Crippen LogP contribution in [0, 0.1) is 11.7 Å². The Balaban J connectivity index is 1.40. The van der Waals surface area contributed by atoms with Gasteiger partial charge in [-0.1, -0.05) is 49.2 Å². The van der Waals surface area contributed by atoms with E-state index >= 15 is 0 Å². The molecule has 1 saturated heterocycles. The van der Waals surface area contributed by atoms with Crippen molar-refractivity contribution in [3.63, 3.8) is 0 Å². The monoisotopic (exact) mass is 432 g/mol. The number of amides is 1. The number of carbonyl (C=O) groups is 1. The number of pyridine rings is 1. The van der Waals surface area contributed by atoms with Crippen molar-refractivity contribution in [1.29, 1.82) is 0 Å². The first-order valence-electron chi connectivity index (χ1n) is 11.6. The summed E-state index contributed by atoms with van der Waals surface area (Å²) in [6.45, 7) is 2.40. The molecule has 1 amide bonds. The van der Waals surface area contributed by atoms with Crippen LogP contribution in [0.1, 0.15) is 36.8 Å². The Morgan fingerprint density at radius 1 is 1.12 bits per heavy atom. The highest BCUT2D eigenvalue weighted by Gasteiger charge is 2.45. The first-order valence-corrected chi connectivity index (χ1v) is 11.6. The quantitative estimate of drug-likeness (QED) is 0.589. The molecule has 5 rings (SSSR count). The summed E-state index contributed by atoms with van der Waals surface area (Å²) in [6, 6.07) is 16.9. The maximum absolute atomic E-state index is 14.0. The summed E-state index contributed by atoms with van der Waals surface area (Å²) in [7, 11) is 0. The molecule has 1 aliphatic carbocycles. The molecule has 4 nitrogen and oxygen atoms in total. The van der Waals surface area contributed by atoms with Crippen molar-refractivity contribution in [1.82, 2.24) is 9.88 Å². The second-order valence-electron chi connectivity index (χ2n) is 9.19. The van der Waals surface area contributed by atoms with Gasteiger partial charge in [0, 0.05) is 30.6 Å². The Kier molecular flexibility index (Phi) is 5.92. The zero-order valence-corrected chi connectivity index (χ0v) is 18.3. The van der Waals surface area contributed by atoms with Crippen LogP contribution in [0.4, 0.5) is 4.39 Å². The highest BCUT2D eigenvalue weighted by atomic mass is 19.1. The van der Waals surface area contributed by atoms with Crippen LogP contribution in [-0.2, 0) is 21.4 Å². The molecule has 32 heavy (non-hydrogen) atoms. The van der Waals surface area contributed by atoms with Crippen LogP contribution in [0.2, 0.25) is 0 Å². The van der Waals surface area contributed by atoms with Crippen LogP contribution >= 0.6 is 0 Å². The van der Waals surface area contributed by atoms with E-state index in [0.717, 1.165) is 48.6 Å². The van der Waals surface area contributed by atoms with Gasteiger partial charge in [-0.2, -0.15) is 0 Å². The minimum absolute atomic E-state index is 0.132. The lowest BCUT2D eigenvalue weighted by molar-refractivity contribution is -0.137. The SMILES string of the molecule is O=C(N1CCOCC(Cc2cccc3cccnc23)C1)C1(c2cccc(F)c2)CCCC1. The van der Waals surface area contributed by atoms with Gasteiger partial charge in [-0.05, 0) is 48.6 Å². The van der Waals surface area contributed by atoms with Gasteiger partial charge in [-0.25, -0.2) is 4.39 Å². The topological polar surface area (TPSA) is 42.4 Å². The lowest BCUT2D eigenvalue weighted by Gasteiger charge is -2.35. The molecule has 2 heterocycles. The number of benzene rings is 2. The first kappa shape index (κ1) is 21.1. The molecule has 5 heteroatoms. The van der Waals surface area contributed by atoms with Crippen LogP contribution in [0.5, 0.6) is 0 Å². The number of hydrogen-bond acceptors (Lipinski definition) is 3. The standard InChI is InChI=1S/C27H29FN2O2/c28-24-10-4-9-23(17-24)27(11-1-2-12-27)26(31)30-14-15-32-19-20(18-30)16-22-7-3-6-21-8-5-13-29-25(21)22/h3-10,13,17,20H,1-2,11-12,14-16,18-19H2. The molecule has 1 saturated carbocycles. The summed E-state index contributed by atoms with van der Waals surface area (Å²) in [4.78, 5) is 20.5. The summed E-state index contributed by atoms with van der Waals surface area (Å²) in [5, 5.41) is 1.13. The third-order valence-corrected chi connectivity index (χ3v) is 7.09. The summed E-state index contributed by atoms with van der Waals surface area (Å²) in [6.07, 6.45) is 6.20. The predicted molar refractivity (Wildman–Crippen MR) is 123 cm³/mol. The zero-order valence-electron chi connectivity index (χ0n) is 18.3. The molecule has 1 aliphatic heterocycles. The third-order valence-electron chi connectivity index (χ3n) is 7.09. The van der Waals surface area contributed by atoms with E-state index in [1.54, 1.807) is 12.1 Å². The van der Waals surface area contributed by atoms with Crippen molar-refractivity contribution in [3.8, 4) is 0 Å². The molecular formula is C27H29FN2O2. The Labute approximate surface area is 188 Å². The van der Waals surface area contributed by atoms with Crippen LogP contribution in [0.3, 0.4) is 0 Å². The van der Waals surface area contributed by atoms with E-state index in [0.29, 0.717) is 26.3 Å². The van der Waals surface area contributed by atoms with Gasteiger partial charge in [0.2, 0.25) is 5.91 Å². The van der Waals surface area contributed by atoms with Crippen molar-refractivity contribution in [3.05, 3.63) is 77.7 Å². The van der Waals surface area contributed by atoms with Crippen LogP contribution in [-0.4, -0.2) is 42.1 Å². The number of halogens is 1. The molecule has 0 bridgehead atoms. The summed E-state index contributed by atoms with van der Waals surface area (Å²) < 4.78 is 20.0. The van der Waals surface area contributed by atoms with Gasteiger partial charge in [0.25, 0.3) is 0 Å². The molecule has 2 aromatic carbocycles. The van der Waals surface area contributed by atoms with Gasteiger partial charge in [0.1, 0.15) is 5.82 Å². The van der Waals surface area contributed by atoms with Crippen molar-refractivity contribution in [2.45, 2.75) is 37.5 Å². The van der Waals surface area contributed by atoms with E-state index < -0.39 is 5.41 Å². The van der Waals surface area contributed by atoms with Gasteiger partial charge in [-0.3, -0.25) is 9.78 Å². The molecule has 166 valence electrons. The van der Waals surface area contributed by atoms with Gasteiger partial charge in [0.05, 0.1) is 24.1 Å². The Morgan fingerprint density at radius 3 is 2.78 bits per heavy atom. The number of aromatic nitrogens is 1. The fourth-order valence-corrected chi connectivity index (χ4v) is 5.52. The van der Waals surface area contributed by atoms with E-state index in [-0.39, 0.29) is 17.6 Å². The van der Waals surface area contributed by atoms with E-state index in [1.165, 1.54) is 11.6 Å². The molecular weight excluding hydrogens is 403 g/mol. The Morgan fingerprint density at radius 2 is 1.94 bits per heavy atom. The summed E-state index contributed by atoms with van der Waals surface area (Å²) >= 11 is 0. The number of rotatable bonds is 4. The maximum Gasteiger partial charge on any atom is 0.233 e. The van der Waals surface area contributed by atoms with E-state index in [9.17, 15) is 9.18 Å². The molecule has 2 fully saturated rings. The van der Waals surface area contributed by atoms with Crippen molar-refractivity contribution >= 4 is 16.8 Å². The minimum Gasteiger partial charge on any atom is -0.379 e. The first-order chi connectivity index (χ1) is 15.7. The predicted octanol–water partition coefficient (Wildman–Crippen LogP) is 4.90. The lowest BCUT2D eigenvalue weighted by Crippen LogP contribution is -2.47. The normalized spacial score (nSPS) is 20.9. The van der Waals surface area contributed by atoms with Crippen molar-refractivity contribution < 1.29 is 13.9 Å². The molecule has 0 radical (unpaired) electrons. The largest absolute Gasteiger partial charge is 0.379 e. The second kappa shape index (κ2) is 8.99. The highest BCUT2D eigenvalue weighted by Crippen LogP contribution is 2.43. The van der Waals surface area contributed by atoms with E-state index in [1.807, 2.05) is 23.2 Å². The number of fused-ring (bicyclic) bond motifs is 1. The third kappa shape index (κ3) is 4.02. The summed E-state index contributed by atoms with van der Waals surface area (Å²) in [5.74, 6) is 0.0503. The Hall–Kier alpha value is -2.79. The average molecular weight is 433 g/mol. The fourth-order valence-electron chi connectivity index (χ4n) is 5.52. The van der Waals surface area contributed by atoms with Gasteiger partial charge in [-0.15, -0.1) is 0 Å². The minimum atomic E-state index is -0.613. The van der Waals surface area contributed by atoms with Gasteiger partial charge in [0.15, 0.2) is 0 Å². The number of hydrogen-bond donors (Lipinski definition) is 0. The molecule has 2 aliphatic rings. The molecule has 1 aromatic heterocycles. The molecule has 0 N–H and O–H groups in total. The lowest BCUT2D eigenvalue weighted by atomic mass is 9.77. The molecule has 3 aromatic rings. The average Bonchev–Trinajstić information content (AvgIpc) is 3.21. The summed E-state index contributed by atoms with van der Waals surface area (Å²) in [5.41, 5.74) is 2.41. The number of para-hydroxylation sites is 1. The van der Waals surface area contributed by atoms with Crippen LogP contribution in [0.15, 0.2) is 60.8 Å². The zero-order chi connectivity index (χ0) is 22.0. The molecule has 0 spiro atoms. The molecule has 1 atom stereocenters. The number of ether oxygens (including phenoxy) is 1. The van der Waals surface area contributed by atoms with Gasteiger partial charge >= 0.3 is 0 Å². The van der Waals surface area contributed by atoms with Crippen molar-refractivity contribution in [2.75, 3.05) is 26.3 Å². The fraction of sp³-hybridized carbons (Fsp3) is 0.407. The number of nitrogens with zero attached hydrogens (tertiary/aromatic N) is 2. The van der Waals surface area contributed by atoms with Crippen LogP contribution in [0.25, 0.3) is 10.9 Å². The highest BCUT2D eigenvalue weighted by molar-refractivity contribution is 5.89. The second-order valence-corrected chi connectivity index (χ2v) is 9.19. The van der Waals surface area contributed by atoms with Crippen molar-refractivity contribution in [2.24, 2.45) is 5.92 Å². The number of carbonyl (C=O) groups excluding carboxylic acids is 1. The molecule has 1 unspecified atom stereocenters.